The van der Waals surface area contributed by atoms with Gasteiger partial charge in [-0.2, -0.15) is 5.26 Å². The molecule has 7 heteroatoms. The number of rotatable bonds is 6. The molecule has 0 fully saturated rings. The van der Waals surface area contributed by atoms with E-state index in [1.165, 1.54) is 25.3 Å². The molecule has 28 heavy (non-hydrogen) atoms. The summed E-state index contributed by atoms with van der Waals surface area (Å²) in [5, 5.41) is 20.7. The highest BCUT2D eigenvalue weighted by Crippen LogP contribution is 2.34. The lowest BCUT2D eigenvalue weighted by Gasteiger charge is -2.03. The highest BCUT2D eigenvalue weighted by molar-refractivity contribution is 6.13. The molecule has 0 bridgehead atoms. The van der Waals surface area contributed by atoms with Gasteiger partial charge in [0.15, 0.2) is 0 Å². The zero-order valence-electron chi connectivity index (χ0n) is 14.8. The van der Waals surface area contributed by atoms with Gasteiger partial charge in [-0.3, -0.25) is 14.9 Å². The molecule has 3 aromatic rings. The minimum atomic E-state index is -0.532. The van der Waals surface area contributed by atoms with Crippen LogP contribution in [0.15, 0.2) is 70.7 Å². The monoisotopic (exact) mass is 374 g/mol. The number of nitro groups is 1. The van der Waals surface area contributed by atoms with Crippen molar-refractivity contribution in [2.24, 2.45) is 0 Å². The first-order valence-electron chi connectivity index (χ1n) is 8.17. The predicted molar refractivity (Wildman–Crippen MR) is 102 cm³/mol. The number of carbonyl (C=O) groups is 1. The Balaban J connectivity index is 1.96. The summed E-state index contributed by atoms with van der Waals surface area (Å²) in [6, 6.07) is 17.8. The van der Waals surface area contributed by atoms with E-state index in [1.54, 1.807) is 48.5 Å². The fourth-order valence-corrected chi connectivity index (χ4v) is 2.61. The van der Waals surface area contributed by atoms with Crippen molar-refractivity contribution >= 4 is 17.5 Å². The zero-order chi connectivity index (χ0) is 20.1. The van der Waals surface area contributed by atoms with Crippen LogP contribution in [0.2, 0.25) is 0 Å². The molecule has 7 nitrogen and oxygen atoms in total. The highest BCUT2D eigenvalue weighted by Gasteiger charge is 2.20. The van der Waals surface area contributed by atoms with Crippen molar-refractivity contribution in [2.75, 3.05) is 7.11 Å². The summed E-state index contributed by atoms with van der Waals surface area (Å²) < 4.78 is 10.6. The topological polar surface area (TPSA) is 106 Å². The van der Waals surface area contributed by atoms with Crippen LogP contribution >= 0.6 is 0 Å². The number of ether oxygens (including phenoxy) is 1. The second-order valence-electron chi connectivity index (χ2n) is 5.71. The number of nitriles is 1. The predicted octanol–water partition coefficient (Wildman–Crippen LogP) is 4.65. The number of carbonyl (C=O) groups excluding carboxylic acids is 1. The van der Waals surface area contributed by atoms with Crippen molar-refractivity contribution in [3.05, 3.63) is 87.7 Å². The summed E-state index contributed by atoms with van der Waals surface area (Å²) in [5.41, 5.74) is 0.368. The van der Waals surface area contributed by atoms with Crippen LogP contribution in [0.5, 0.6) is 5.75 Å². The molecule has 0 N–H and O–H groups in total. The van der Waals surface area contributed by atoms with Crippen molar-refractivity contribution in [1.29, 1.82) is 5.26 Å². The maximum Gasteiger partial charge on any atom is 0.284 e. The van der Waals surface area contributed by atoms with Gasteiger partial charge in [0.05, 0.1) is 23.7 Å². The molecule has 1 heterocycles. The number of furan rings is 1. The van der Waals surface area contributed by atoms with Crippen molar-refractivity contribution in [3.8, 4) is 23.1 Å². The first-order valence-corrected chi connectivity index (χ1v) is 8.17. The summed E-state index contributed by atoms with van der Waals surface area (Å²) >= 11 is 0. The van der Waals surface area contributed by atoms with Gasteiger partial charge >= 0.3 is 0 Å². The summed E-state index contributed by atoms with van der Waals surface area (Å²) in [7, 11) is 1.42. The molecule has 138 valence electrons. The van der Waals surface area contributed by atoms with Crippen LogP contribution in [-0.4, -0.2) is 17.8 Å². The molecule has 0 atom stereocenters. The van der Waals surface area contributed by atoms with E-state index in [2.05, 4.69) is 0 Å². The number of nitrogens with zero attached hydrogens (tertiary/aromatic N) is 2. The zero-order valence-corrected chi connectivity index (χ0v) is 14.8. The average Bonchev–Trinajstić information content (AvgIpc) is 3.20. The van der Waals surface area contributed by atoms with Gasteiger partial charge < -0.3 is 9.15 Å². The standard InChI is InChI=1S/C21H14N2O5/c1-27-16-7-9-18(19(12-16)23(25)26)20-10-8-17(28-20)11-15(13-22)21(24)14-5-3-2-4-6-14/h2-12H,1H3/b15-11+. The van der Waals surface area contributed by atoms with E-state index in [-0.39, 0.29) is 28.3 Å². The molecule has 3 rings (SSSR count). The van der Waals surface area contributed by atoms with Gasteiger partial charge in [-0.25, -0.2) is 0 Å². The Morgan fingerprint density at radius 1 is 1.18 bits per heavy atom. The third kappa shape index (κ3) is 3.81. The number of hydrogen-bond acceptors (Lipinski definition) is 6. The Morgan fingerprint density at radius 3 is 2.57 bits per heavy atom. The van der Waals surface area contributed by atoms with E-state index in [9.17, 15) is 20.2 Å². The molecule has 0 aliphatic heterocycles. The Kier molecular flexibility index (Phi) is 5.33. The van der Waals surface area contributed by atoms with Gasteiger partial charge in [-0.05, 0) is 24.3 Å². The second kappa shape index (κ2) is 8.01. The molecule has 1 aromatic heterocycles. The number of hydrogen-bond donors (Lipinski definition) is 0. The first kappa shape index (κ1) is 18.6. The van der Waals surface area contributed by atoms with Gasteiger partial charge in [0, 0.05) is 11.6 Å². The summed E-state index contributed by atoms with van der Waals surface area (Å²) in [6.07, 6.45) is 1.31. The third-order valence-electron chi connectivity index (χ3n) is 3.98. The third-order valence-corrected chi connectivity index (χ3v) is 3.98. The van der Waals surface area contributed by atoms with Crippen molar-refractivity contribution in [1.82, 2.24) is 0 Å². The number of nitro benzene ring substituents is 1. The lowest BCUT2D eigenvalue weighted by Crippen LogP contribution is -2.01. The number of methoxy groups -OCH3 is 1. The van der Waals surface area contributed by atoms with Crippen LogP contribution < -0.4 is 4.74 Å². The van der Waals surface area contributed by atoms with Gasteiger partial charge in [0.1, 0.15) is 28.9 Å². The van der Waals surface area contributed by atoms with E-state index in [0.29, 0.717) is 11.3 Å². The molecule has 0 saturated carbocycles. The van der Waals surface area contributed by atoms with Crippen LogP contribution in [0, 0.1) is 21.4 Å². The molecule has 0 amide bonds. The largest absolute Gasteiger partial charge is 0.497 e. The fourth-order valence-electron chi connectivity index (χ4n) is 2.61. The normalized spacial score (nSPS) is 10.9. The quantitative estimate of drug-likeness (QED) is 0.204. The number of benzene rings is 2. The summed E-state index contributed by atoms with van der Waals surface area (Å²) in [5.74, 6) is 0.393. The SMILES string of the molecule is COc1ccc(-c2ccc(/C=C(\C#N)C(=O)c3ccccc3)o2)c([N+](=O)[O-])c1. The molecule has 0 aliphatic carbocycles. The number of allylic oxidation sites excluding steroid dienone is 1. The van der Waals surface area contributed by atoms with Crippen LogP contribution in [0.25, 0.3) is 17.4 Å². The van der Waals surface area contributed by atoms with Crippen molar-refractivity contribution in [3.63, 3.8) is 0 Å². The summed E-state index contributed by atoms with van der Waals surface area (Å²) in [4.78, 5) is 23.3. The average molecular weight is 374 g/mol. The van der Waals surface area contributed by atoms with E-state index in [0.717, 1.165) is 0 Å². The second-order valence-corrected chi connectivity index (χ2v) is 5.71. The van der Waals surface area contributed by atoms with E-state index < -0.39 is 10.7 Å². The Hall–Kier alpha value is -4.18. The van der Waals surface area contributed by atoms with Crippen LogP contribution in [-0.2, 0) is 0 Å². The lowest BCUT2D eigenvalue weighted by molar-refractivity contribution is -0.384. The van der Waals surface area contributed by atoms with Crippen molar-refractivity contribution in [2.45, 2.75) is 0 Å². The van der Waals surface area contributed by atoms with Crippen LogP contribution in [0.3, 0.4) is 0 Å². The van der Waals surface area contributed by atoms with Gasteiger partial charge in [-0.15, -0.1) is 0 Å². The van der Waals surface area contributed by atoms with E-state index in [4.69, 9.17) is 9.15 Å². The minimum absolute atomic E-state index is 0.101. The van der Waals surface area contributed by atoms with Gasteiger partial charge in [-0.1, -0.05) is 30.3 Å². The molecule has 0 unspecified atom stereocenters. The van der Waals surface area contributed by atoms with Crippen LogP contribution in [0.1, 0.15) is 16.1 Å². The Morgan fingerprint density at radius 2 is 1.93 bits per heavy atom. The van der Waals surface area contributed by atoms with Crippen LogP contribution in [0.4, 0.5) is 5.69 Å². The number of Topliss-reactive ketones (excluding diaryl/α,β-unsaturated/α-hetero) is 1. The molecule has 0 spiro atoms. The summed E-state index contributed by atoms with van der Waals surface area (Å²) in [6.45, 7) is 0. The van der Waals surface area contributed by atoms with Gasteiger partial charge in [0.25, 0.3) is 5.69 Å². The molecular formula is C21H14N2O5. The minimum Gasteiger partial charge on any atom is -0.497 e. The Bertz CT molecular complexity index is 1110. The van der Waals surface area contributed by atoms with Crippen molar-refractivity contribution < 1.29 is 18.9 Å². The van der Waals surface area contributed by atoms with E-state index >= 15 is 0 Å². The van der Waals surface area contributed by atoms with Gasteiger partial charge in [0.2, 0.25) is 5.78 Å². The number of ketones is 1. The molecular weight excluding hydrogens is 360 g/mol. The molecule has 0 aliphatic rings. The molecule has 0 radical (unpaired) electrons. The fraction of sp³-hybridized carbons (Fsp3) is 0.0476. The smallest absolute Gasteiger partial charge is 0.284 e. The molecule has 2 aromatic carbocycles. The Labute approximate surface area is 160 Å². The maximum atomic E-state index is 12.4. The lowest BCUT2D eigenvalue weighted by atomic mass is 10.0. The molecule has 0 saturated heterocycles. The maximum absolute atomic E-state index is 12.4. The first-order chi connectivity index (χ1) is 13.5. The van der Waals surface area contributed by atoms with E-state index in [1.807, 2.05) is 6.07 Å². The highest BCUT2D eigenvalue weighted by atomic mass is 16.6.